The van der Waals surface area contributed by atoms with Crippen LogP contribution in [0.15, 0.2) is 53.1 Å². The molecule has 7 nitrogen and oxygen atoms in total. The average molecular weight is 398 g/mol. The summed E-state index contributed by atoms with van der Waals surface area (Å²) >= 11 is 0. The average Bonchev–Trinajstić information content (AvgIpc) is 3.21. The zero-order valence-corrected chi connectivity index (χ0v) is 16.3. The molecule has 0 radical (unpaired) electrons. The van der Waals surface area contributed by atoms with Crippen molar-refractivity contribution in [3.8, 4) is 11.5 Å². The molecule has 0 saturated carbocycles. The van der Waals surface area contributed by atoms with Gasteiger partial charge in [-0.15, -0.1) is 0 Å². The third kappa shape index (κ3) is 5.03. The molecule has 29 heavy (non-hydrogen) atoms. The first-order valence-corrected chi connectivity index (χ1v) is 9.51. The highest BCUT2D eigenvalue weighted by Gasteiger charge is 2.20. The second-order valence-electron chi connectivity index (χ2n) is 6.81. The van der Waals surface area contributed by atoms with Gasteiger partial charge in [0.15, 0.2) is 6.61 Å². The van der Waals surface area contributed by atoms with Gasteiger partial charge in [0.1, 0.15) is 17.3 Å². The number of hydrogen-bond donors (Lipinski definition) is 0. The molecule has 3 aromatic rings. The van der Waals surface area contributed by atoms with Gasteiger partial charge >= 0.3 is 0 Å². The molecule has 1 saturated heterocycles. The fourth-order valence-corrected chi connectivity index (χ4v) is 3.25. The van der Waals surface area contributed by atoms with Gasteiger partial charge in [0, 0.05) is 37.9 Å². The molecule has 1 aromatic heterocycles. The third-order valence-electron chi connectivity index (χ3n) is 4.84. The minimum atomic E-state index is -0.300. The molecule has 2 heterocycles. The van der Waals surface area contributed by atoms with E-state index in [9.17, 15) is 4.39 Å². The van der Waals surface area contributed by atoms with Crippen LogP contribution in [0, 0.1) is 5.82 Å². The number of rotatable bonds is 7. The van der Waals surface area contributed by atoms with Gasteiger partial charge in [-0.25, -0.2) is 4.39 Å². The summed E-state index contributed by atoms with van der Waals surface area (Å²) in [5, 5.41) is 3.96. The number of methoxy groups -OCH3 is 1. The van der Waals surface area contributed by atoms with Gasteiger partial charge in [-0.05, 0) is 36.4 Å². The van der Waals surface area contributed by atoms with E-state index in [4.69, 9.17) is 14.0 Å². The van der Waals surface area contributed by atoms with Crippen LogP contribution in [0.4, 0.5) is 10.1 Å². The number of piperazine rings is 1. The van der Waals surface area contributed by atoms with Crippen LogP contribution in [0.2, 0.25) is 0 Å². The Morgan fingerprint density at radius 3 is 2.59 bits per heavy atom. The Kier molecular flexibility index (Phi) is 5.90. The van der Waals surface area contributed by atoms with E-state index in [-0.39, 0.29) is 12.4 Å². The Balaban J connectivity index is 1.26. The lowest BCUT2D eigenvalue weighted by Crippen LogP contribution is -2.46. The fraction of sp³-hybridized carbons (Fsp3) is 0.333. The monoisotopic (exact) mass is 398 g/mol. The van der Waals surface area contributed by atoms with Crippen LogP contribution in [0.3, 0.4) is 0 Å². The Morgan fingerprint density at radius 2 is 1.83 bits per heavy atom. The Hall–Kier alpha value is -3.13. The molecule has 0 atom stereocenters. The first-order valence-electron chi connectivity index (χ1n) is 9.51. The predicted octanol–water partition coefficient (Wildman–Crippen LogP) is 3.12. The maximum Gasteiger partial charge on any atom is 0.240 e. The maximum absolute atomic E-state index is 12.9. The zero-order chi connectivity index (χ0) is 20.1. The molecule has 0 unspecified atom stereocenters. The van der Waals surface area contributed by atoms with Gasteiger partial charge in [0.2, 0.25) is 11.7 Å². The highest BCUT2D eigenvalue weighted by atomic mass is 19.1. The number of ether oxygens (including phenoxy) is 2. The van der Waals surface area contributed by atoms with Crippen LogP contribution >= 0.6 is 0 Å². The van der Waals surface area contributed by atoms with Crippen molar-refractivity contribution in [1.29, 1.82) is 0 Å². The van der Waals surface area contributed by atoms with Crippen LogP contribution in [-0.4, -0.2) is 48.3 Å². The van der Waals surface area contributed by atoms with Crippen molar-refractivity contribution in [1.82, 2.24) is 15.0 Å². The number of halogens is 1. The van der Waals surface area contributed by atoms with Crippen molar-refractivity contribution >= 4 is 5.69 Å². The minimum absolute atomic E-state index is 0.179. The first-order chi connectivity index (χ1) is 14.2. The summed E-state index contributed by atoms with van der Waals surface area (Å²) in [6, 6.07) is 14.0. The van der Waals surface area contributed by atoms with Gasteiger partial charge in [-0.2, -0.15) is 4.98 Å². The molecule has 0 bridgehead atoms. The van der Waals surface area contributed by atoms with Gasteiger partial charge in [0.05, 0.1) is 13.7 Å². The topological polar surface area (TPSA) is 63.9 Å². The predicted molar refractivity (Wildman–Crippen MR) is 106 cm³/mol. The molecule has 8 heteroatoms. The summed E-state index contributed by atoms with van der Waals surface area (Å²) in [6.45, 7) is 4.43. The summed E-state index contributed by atoms with van der Waals surface area (Å²) in [4.78, 5) is 9.02. The molecular formula is C21H23FN4O3. The van der Waals surface area contributed by atoms with Crippen LogP contribution < -0.4 is 14.4 Å². The van der Waals surface area contributed by atoms with Crippen molar-refractivity contribution in [3.63, 3.8) is 0 Å². The Labute approximate surface area is 168 Å². The molecule has 0 spiro atoms. The molecule has 2 aromatic carbocycles. The normalized spacial score (nSPS) is 14.8. The van der Waals surface area contributed by atoms with E-state index in [0.717, 1.165) is 31.9 Å². The molecule has 0 N–H and O–H groups in total. The number of aromatic nitrogens is 2. The third-order valence-corrected chi connectivity index (χ3v) is 4.84. The van der Waals surface area contributed by atoms with Crippen molar-refractivity contribution < 1.29 is 18.4 Å². The lowest BCUT2D eigenvalue weighted by molar-refractivity contribution is 0.214. The number of hydrogen-bond acceptors (Lipinski definition) is 7. The lowest BCUT2D eigenvalue weighted by atomic mass is 10.2. The largest absolute Gasteiger partial charge is 0.497 e. The number of benzene rings is 2. The van der Waals surface area contributed by atoms with Crippen molar-refractivity contribution in [2.75, 3.05) is 38.2 Å². The quantitative estimate of drug-likeness (QED) is 0.606. The van der Waals surface area contributed by atoms with E-state index in [1.165, 1.54) is 17.8 Å². The van der Waals surface area contributed by atoms with E-state index in [1.54, 1.807) is 19.2 Å². The summed E-state index contributed by atoms with van der Waals surface area (Å²) in [7, 11) is 1.68. The SMILES string of the molecule is COc1cccc(N2CCN(Cc3nc(COc4ccc(F)cc4)no3)CC2)c1. The lowest BCUT2D eigenvalue weighted by Gasteiger charge is -2.35. The van der Waals surface area contributed by atoms with Gasteiger partial charge < -0.3 is 18.9 Å². The van der Waals surface area contributed by atoms with E-state index in [1.807, 2.05) is 12.1 Å². The summed E-state index contributed by atoms with van der Waals surface area (Å²) in [6.07, 6.45) is 0. The summed E-state index contributed by atoms with van der Waals surface area (Å²) in [5.41, 5.74) is 1.17. The fourth-order valence-electron chi connectivity index (χ4n) is 3.25. The van der Waals surface area contributed by atoms with Crippen molar-refractivity contribution in [2.24, 2.45) is 0 Å². The second-order valence-corrected chi connectivity index (χ2v) is 6.81. The van der Waals surface area contributed by atoms with Crippen LogP contribution in [0.5, 0.6) is 11.5 Å². The molecule has 4 rings (SSSR count). The van der Waals surface area contributed by atoms with Crippen molar-refractivity contribution in [2.45, 2.75) is 13.2 Å². The van der Waals surface area contributed by atoms with Gasteiger partial charge in [0.25, 0.3) is 0 Å². The highest BCUT2D eigenvalue weighted by molar-refractivity contribution is 5.51. The molecule has 0 amide bonds. The first kappa shape index (κ1) is 19.2. The summed E-state index contributed by atoms with van der Waals surface area (Å²) < 4.78 is 29.1. The smallest absolute Gasteiger partial charge is 0.240 e. The molecule has 152 valence electrons. The number of anilines is 1. The van der Waals surface area contributed by atoms with Crippen molar-refractivity contribution in [3.05, 3.63) is 66.1 Å². The minimum Gasteiger partial charge on any atom is -0.497 e. The molecule has 0 aliphatic carbocycles. The Morgan fingerprint density at radius 1 is 1.03 bits per heavy atom. The van der Waals surface area contributed by atoms with Gasteiger partial charge in [-0.3, -0.25) is 4.90 Å². The van der Waals surface area contributed by atoms with E-state index >= 15 is 0 Å². The van der Waals surface area contributed by atoms with E-state index in [2.05, 4.69) is 32.1 Å². The zero-order valence-electron chi connectivity index (χ0n) is 16.3. The second kappa shape index (κ2) is 8.91. The molecular weight excluding hydrogens is 375 g/mol. The molecule has 1 fully saturated rings. The highest BCUT2D eigenvalue weighted by Crippen LogP contribution is 2.22. The summed E-state index contributed by atoms with van der Waals surface area (Å²) in [5.74, 6) is 2.17. The molecule has 1 aliphatic rings. The van der Waals surface area contributed by atoms with Crippen LogP contribution in [0.1, 0.15) is 11.7 Å². The van der Waals surface area contributed by atoms with Gasteiger partial charge in [-0.1, -0.05) is 11.2 Å². The van der Waals surface area contributed by atoms with E-state index in [0.29, 0.717) is 24.0 Å². The van der Waals surface area contributed by atoms with Crippen LogP contribution in [0.25, 0.3) is 0 Å². The standard InChI is InChI=1S/C21H23FN4O3/c1-27-19-4-2-3-17(13-19)26-11-9-25(10-12-26)14-21-23-20(24-29-21)15-28-18-7-5-16(22)6-8-18/h2-8,13H,9-12,14-15H2,1H3. The van der Waals surface area contributed by atoms with Crippen LogP contribution in [-0.2, 0) is 13.2 Å². The van der Waals surface area contributed by atoms with E-state index < -0.39 is 0 Å². The maximum atomic E-state index is 12.9. The number of nitrogens with zero attached hydrogens (tertiary/aromatic N) is 4. The Bertz CT molecular complexity index is 924. The molecule has 1 aliphatic heterocycles.